The van der Waals surface area contributed by atoms with Crippen molar-refractivity contribution < 1.29 is 0 Å². The Kier molecular flexibility index (Phi) is 13.6. The van der Waals surface area contributed by atoms with E-state index in [1.807, 2.05) is 0 Å². The Hall–Kier alpha value is -7.54. The Morgan fingerprint density at radius 2 is 0.378 bits per heavy atom. The average molecular weight is 1180 g/mol. The van der Waals surface area contributed by atoms with Gasteiger partial charge in [-0.1, -0.05) is 312 Å². The molecule has 0 bridgehead atoms. The monoisotopic (exact) mass is 1180 g/mol. The van der Waals surface area contributed by atoms with Crippen LogP contribution in [-0.4, -0.2) is 0 Å². The highest BCUT2D eigenvalue weighted by atomic mass is 14.4. The average Bonchev–Trinajstić information content (AvgIpc) is 1.49. The highest BCUT2D eigenvalue weighted by Gasteiger charge is 2.31. The molecule has 11 aromatic carbocycles. The summed E-state index contributed by atoms with van der Waals surface area (Å²) < 4.78 is 0. The first-order chi connectivity index (χ1) is 41.7. The Morgan fingerprint density at radius 3 is 0.578 bits per heavy atom. The van der Waals surface area contributed by atoms with Gasteiger partial charge >= 0.3 is 0 Å². The lowest BCUT2D eigenvalue weighted by atomic mass is 9.77. The van der Waals surface area contributed by atoms with Crippen LogP contribution in [0.25, 0.3) is 87.6 Å². The van der Waals surface area contributed by atoms with Gasteiger partial charge in [0, 0.05) is 0 Å². The van der Waals surface area contributed by atoms with E-state index in [0.29, 0.717) is 0 Å². The van der Waals surface area contributed by atoms with Gasteiger partial charge in [0.15, 0.2) is 0 Å². The van der Waals surface area contributed by atoms with Crippen molar-refractivity contribution in [3.8, 4) is 44.5 Å². The summed E-state index contributed by atoms with van der Waals surface area (Å²) in [6.45, 7) is 57.2. The van der Waals surface area contributed by atoms with E-state index in [2.05, 4.69) is 324 Å². The quantitative estimate of drug-likeness (QED) is 0.154. The van der Waals surface area contributed by atoms with Crippen molar-refractivity contribution in [3.63, 3.8) is 0 Å². The number of rotatable bonds is 4. The Morgan fingerprint density at radius 1 is 0.189 bits per heavy atom. The SMILES string of the molecule is CC(C)(C)c1cc(-c2c3c(c(-c4cc(C(C)(C)C)cc(C(C)(C)C)c4)c4ccccc24)=c2ccc4c5c(ccc=3c25)=c2c(-c3cc(C(C)(C)C)cc(C(C)(C)C)c3)c3cc5ccccc5cc3c(-c3cc(C(C)(C)C)cc(C(C)(C)C)c3)c2=4)cc(C(C)(C)C)c1. The number of benzene rings is 11. The molecule has 11 aromatic rings. The molecule has 13 rings (SSSR count). The molecule has 0 aromatic heterocycles. The first kappa shape index (κ1) is 61.3. The van der Waals surface area contributed by atoms with Crippen LogP contribution in [0.4, 0.5) is 0 Å². The summed E-state index contributed by atoms with van der Waals surface area (Å²) in [5, 5.41) is 21.1. The minimum Gasteiger partial charge on any atom is -0.0616 e. The highest BCUT2D eigenvalue weighted by Crippen LogP contribution is 2.50. The molecule has 2 aliphatic carbocycles. The van der Waals surface area contributed by atoms with Crippen molar-refractivity contribution in [2.45, 2.75) is 209 Å². The summed E-state index contributed by atoms with van der Waals surface area (Å²) in [7, 11) is 0. The van der Waals surface area contributed by atoms with Gasteiger partial charge in [-0.2, -0.15) is 0 Å². The second-order valence-corrected chi connectivity index (χ2v) is 35.6. The van der Waals surface area contributed by atoms with Gasteiger partial charge in [0.05, 0.1) is 0 Å². The standard InChI is InChI=1S/C90H98/c1-83(2,3)57-37-53(38-58(47-57)84(4,5)6)73-65-31-27-28-32-66(65)74(54-39-59(85(7,8)9)48-60(40-54)86(10,11)12)80-68-34-36-70-78-69(35-33-67(77(68)78)79(73)80)81-75(55-41-61(87(13,14)15)49-62(42-55)88(16,17)18)71-45-51-29-25-26-30-52(51)46-72(71)76(82(70)81)56-43-63(89(19,20)21)50-64(44-56)90(22,23)24/h25-50H,1-24H3. The number of fused-ring (bicyclic) bond motifs is 5. The maximum absolute atomic E-state index is 2.57. The fourth-order valence-corrected chi connectivity index (χ4v) is 14.8. The van der Waals surface area contributed by atoms with Gasteiger partial charge in [0.2, 0.25) is 0 Å². The van der Waals surface area contributed by atoms with Gasteiger partial charge in [0.25, 0.3) is 0 Å². The van der Waals surface area contributed by atoms with E-state index >= 15 is 0 Å². The van der Waals surface area contributed by atoms with Gasteiger partial charge in [-0.3, -0.25) is 0 Å². The minimum absolute atomic E-state index is 0.0755. The molecule has 0 saturated heterocycles. The maximum Gasteiger partial charge on any atom is -0.000740 e. The van der Waals surface area contributed by atoms with Crippen LogP contribution >= 0.6 is 0 Å². The van der Waals surface area contributed by atoms with E-state index in [9.17, 15) is 0 Å². The van der Waals surface area contributed by atoms with Crippen LogP contribution in [0.3, 0.4) is 0 Å². The molecule has 458 valence electrons. The highest BCUT2D eigenvalue weighted by molar-refractivity contribution is 6.13. The van der Waals surface area contributed by atoms with Crippen LogP contribution in [0.2, 0.25) is 0 Å². The van der Waals surface area contributed by atoms with Crippen molar-refractivity contribution >= 4 is 43.1 Å². The van der Waals surface area contributed by atoms with Crippen molar-refractivity contribution in [2.24, 2.45) is 0 Å². The third-order valence-corrected chi connectivity index (χ3v) is 20.4. The lowest BCUT2D eigenvalue weighted by molar-refractivity contribution is 0.568. The van der Waals surface area contributed by atoms with E-state index < -0.39 is 0 Å². The number of hydrogen-bond donors (Lipinski definition) is 0. The molecule has 90 heavy (non-hydrogen) atoms. The fourth-order valence-electron chi connectivity index (χ4n) is 14.8. The lowest BCUT2D eigenvalue weighted by Crippen LogP contribution is -2.17. The van der Waals surface area contributed by atoms with Gasteiger partial charge < -0.3 is 0 Å². The van der Waals surface area contributed by atoms with Crippen LogP contribution in [-0.2, 0) is 43.3 Å². The summed E-state index contributed by atoms with van der Waals surface area (Å²) in [4.78, 5) is 0. The molecule has 0 atom stereocenters. The zero-order chi connectivity index (χ0) is 64.9. The van der Waals surface area contributed by atoms with Crippen molar-refractivity contribution in [2.75, 3.05) is 0 Å². The minimum atomic E-state index is -0.0886. The van der Waals surface area contributed by atoms with Crippen LogP contribution in [0.5, 0.6) is 0 Å². The first-order valence-electron chi connectivity index (χ1n) is 33.6. The Labute approximate surface area is 537 Å². The largest absolute Gasteiger partial charge is 0.0616 e. The number of hydrogen-bond acceptors (Lipinski definition) is 0. The molecule has 0 fully saturated rings. The third-order valence-electron chi connectivity index (χ3n) is 20.4. The van der Waals surface area contributed by atoms with Crippen molar-refractivity contribution in [1.82, 2.24) is 0 Å². The summed E-state index contributed by atoms with van der Waals surface area (Å²) >= 11 is 0. The molecule has 0 aliphatic heterocycles. The molecular weight excluding hydrogens is 1080 g/mol. The van der Waals surface area contributed by atoms with Gasteiger partial charge in [0.1, 0.15) is 0 Å². The molecule has 0 heterocycles. The second kappa shape index (κ2) is 20.0. The molecule has 0 unspecified atom stereocenters. The van der Waals surface area contributed by atoms with Crippen LogP contribution in [0, 0.1) is 41.7 Å². The third kappa shape index (κ3) is 10.1. The zero-order valence-electron chi connectivity index (χ0n) is 59.0. The molecule has 0 radical (unpaired) electrons. The van der Waals surface area contributed by atoms with Crippen molar-refractivity contribution in [1.29, 1.82) is 0 Å². The second-order valence-electron chi connectivity index (χ2n) is 35.6. The van der Waals surface area contributed by atoms with Gasteiger partial charge in [-0.15, -0.1) is 0 Å². The van der Waals surface area contributed by atoms with Crippen LogP contribution in [0.15, 0.2) is 158 Å². The van der Waals surface area contributed by atoms with E-state index in [1.165, 1.54) is 174 Å². The predicted octanol–water partition coefficient (Wildman–Crippen LogP) is 25.1. The molecule has 2 aliphatic rings. The van der Waals surface area contributed by atoms with Gasteiger partial charge in [-0.25, -0.2) is 0 Å². The summed E-state index contributed by atoms with van der Waals surface area (Å²) in [6, 6.07) is 64.3. The van der Waals surface area contributed by atoms with E-state index in [-0.39, 0.29) is 43.3 Å². The molecule has 0 saturated carbocycles. The summed E-state index contributed by atoms with van der Waals surface area (Å²) in [6.07, 6.45) is 0. The topological polar surface area (TPSA) is 0 Å². The maximum atomic E-state index is 2.57. The normalized spacial score (nSPS) is 13.8. The van der Waals surface area contributed by atoms with Crippen LogP contribution < -0.4 is 0 Å². The van der Waals surface area contributed by atoms with Crippen LogP contribution in [0.1, 0.15) is 211 Å². The zero-order valence-corrected chi connectivity index (χ0v) is 59.0. The van der Waals surface area contributed by atoms with E-state index in [0.717, 1.165) is 0 Å². The van der Waals surface area contributed by atoms with E-state index in [4.69, 9.17) is 0 Å². The molecule has 0 heteroatoms. The first-order valence-corrected chi connectivity index (χ1v) is 33.6. The molecule has 0 amide bonds. The van der Waals surface area contributed by atoms with Gasteiger partial charge in [-0.05, 0) is 229 Å². The molecule has 0 nitrogen and oxygen atoms in total. The lowest BCUT2D eigenvalue weighted by Gasteiger charge is -2.28. The Balaban J connectivity index is 1.37. The Bertz CT molecular complexity index is 4870. The summed E-state index contributed by atoms with van der Waals surface area (Å²) in [5.74, 6) is 0. The van der Waals surface area contributed by atoms with E-state index in [1.54, 1.807) is 0 Å². The molecule has 0 N–H and O–H groups in total. The summed E-state index contributed by atoms with van der Waals surface area (Å²) in [5.41, 5.74) is 20.7. The van der Waals surface area contributed by atoms with Crippen molar-refractivity contribution in [3.05, 3.63) is 244 Å². The molecule has 0 spiro atoms. The fraction of sp³-hybridized carbons (Fsp3) is 0.356. The smallest absolute Gasteiger partial charge is 0.000740 e. The predicted molar refractivity (Wildman–Crippen MR) is 391 cm³/mol. The molecular formula is C90H98.